The first-order valence-corrected chi connectivity index (χ1v) is 19.7. The third-order valence-electron chi connectivity index (χ3n) is 10.6. The molecular weight excluding hydrogens is 666 g/mol. The van der Waals surface area contributed by atoms with Crippen molar-refractivity contribution in [3.8, 4) is 0 Å². The topological polar surface area (TPSA) is 171 Å². The van der Waals surface area contributed by atoms with Crippen molar-refractivity contribution in [2.75, 3.05) is 20.8 Å². The number of methoxy groups -OCH3 is 2. The third kappa shape index (κ3) is 16.7. The molecule has 7 atom stereocenters. The quantitative estimate of drug-likeness (QED) is 0.0543. The van der Waals surface area contributed by atoms with Gasteiger partial charge in [0, 0.05) is 39.5 Å². The number of Topliss-reactive ketones (excluding diaryl/α,β-unsaturated/α-hetero) is 2. The van der Waals surface area contributed by atoms with Gasteiger partial charge in [-0.05, 0) is 96.3 Å². The number of carboxylic acid groups (broad SMARTS) is 1. The number of nitrogens with zero attached hydrogens (tertiary/aromatic N) is 1. The molecule has 0 spiro atoms. The summed E-state index contributed by atoms with van der Waals surface area (Å²) in [6.07, 6.45) is 14.5. The van der Waals surface area contributed by atoms with Crippen LogP contribution in [-0.4, -0.2) is 99.7 Å². The molecule has 52 heavy (non-hydrogen) atoms. The number of likely N-dealkylation sites (tertiary alicyclic amines) is 1. The molecule has 1 heterocycles. The minimum Gasteiger partial charge on any atom is -0.480 e. The van der Waals surface area contributed by atoms with Gasteiger partial charge < -0.3 is 34.8 Å². The van der Waals surface area contributed by atoms with Crippen LogP contribution in [0.3, 0.4) is 0 Å². The van der Waals surface area contributed by atoms with E-state index in [-0.39, 0.29) is 37.7 Å². The molecule has 1 aliphatic heterocycles. The van der Waals surface area contributed by atoms with E-state index in [9.17, 15) is 39.6 Å². The number of piperidine rings is 1. The summed E-state index contributed by atoms with van der Waals surface area (Å²) in [4.78, 5) is 50.8. The molecule has 1 amide bonds. The molecule has 0 aromatic carbocycles. The van der Waals surface area contributed by atoms with Crippen LogP contribution in [-0.2, 0) is 28.7 Å². The fourth-order valence-corrected chi connectivity index (χ4v) is 7.43. The van der Waals surface area contributed by atoms with Gasteiger partial charge in [-0.2, -0.15) is 0 Å². The highest BCUT2D eigenvalue weighted by Gasteiger charge is 2.47. The van der Waals surface area contributed by atoms with Crippen molar-refractivity contribution in [1.82, 2.24) is 4.90 Å². The Balaban J connectivity index is 0.00000664. The van der Waals surface area contributed by atoms with Gasteiger partial charge in [0.05, 0.1) is 18.3 Å². The standard InChI is InChI=1S/C39H65NO10.C2H6/c1-26(21-27(2)16-18-31(41)25-32(42)19-17-28(3)22-30-12-10-14-34(24-30)50-6)11-9-13-33(49-5)23-29(4)39(47,48)36(43)37(44)40-20-8-7-15-35(40)38(45)46;1-2/h16,22,26,29-30,32-35,42,47-48H,7-15,17-21,23-25H2,1-6H3,(H,45,46);1-2H3/b27-16+,28-22+;/t26?,29?,30?,32?,33?,34?,35-;/m0./s1. The van der Waals surface area contributed by atoms with Gasteiger partial charge in [0.15, 0.2) is 0 Å². The van der Waals surface area contributed by atoms with Crippen molar-refractivity contribution in [2.24, 2.45) is 17.8 Å². The number of aliphatic hydroxyl groups excluding tert-OH is 1. The number of amides is 1. The average Bonchev–Trinajstić information content (AvgIpc) is 3.12. The number of carbonyl (C=O) groups is 4. The predicted molar refractivity (Wildman–Crippen MR) is 202 cm³/mol. The van der Waals surface area contributed by atoms with Crippen LogP contribution in [0, 0.1) is 17.8 Å². The van der Waals surface area contributed by atoms with Crippen molar-refractivity contribution in [2.45, 2.75) is 174 Å². The maximum absolute atomic E-state index is 12.9. The van der Waals surface area contributed by atoms with E-state index in [4.69, 9.17) is 9.47 Å². The van der Waals surface area contributed by atoms with Crippen molar-refractivity contribution in [1.29, 1.82) is 0 Å². The molecule has 2 aliphatic rings. The second-order valence-corrected chi connectivity index (χ2v) is 15.1. The van der Waals surface area contributed by atoms with Crippen LogP contribution in [0.25, 0.3) is 0 Å². The second-order valence-electron chi connectivity index (χ2n) is 15.1. The summed E-state index contributed by atoms with van der Waals surface area (Å²) in [7, 11) is 3.29. The Hall–Kier alpha value is -2.44. The molecule has 1 aliphatic carbocycles. The van der Waals surface area contributed by atoms with Gasteiger partial charge in [0.25, 0.3) is 11.7 Å². The van der Waals surface area contributed by atoms with Crippen molar-refractivity contribution in [3.63, 3.8) is 0 Å². The minimum atomic E-state index is -2.95. The minimum absolute atomic E-state index is 0.0278. The fraction of sp³-hybridized carbons (Fsp3) is 0.805. The monoisotopic (exact) mass is 738 g/mol. The molecule has 300 valence electrons. The lowest BCUT2D eigenvalue weighted by Gasteiger charge is -2.35. The van der Waals surface area contributed by atoms with Crippen molar-refractivity contribution < 1.29 is 49.1 Å². The van der Waals surface area contributed by atoms with Gasteiger partial charge in [-0.3, -0.25) is 14.4 Å². The van der Waals surface area contributed by atoms with Gasteiger partial charge in [0.1, 0.15) is 11.8 Å². The molecule has 2 rings (SSSR count). The van der Waals surface area contributed by atoms with Gasteiger partial charge >= 0.3 is 5.97 Å². The van der Waals surface area contributed by atoms with Crippen molar-refractivity contribution >= 4 is 23.4 Å². The number of ketones is 2. The van der Waals surface area contributed by atoms with Crippen molar-refractivity contribution in [3.05, 3.63) is 23.3 Å². The van der Waals surface area contributed by atoms with E-state index < -0.39 is 41.5 Å². The highest BCUT2D eigenvalue weighted by molar-refractivity contribution is 6.39. The highest BCUT2D eigenvalue weighted by Crippen LogP contribution is 2.29. The van der Waals surface area contributed by atoms with Crippen LogP contribution in [0.4, 0.5) is 0 Å². The molecule has 0 aromatic rings. The van der Waals surface area contributed by atoms with E-state index in [1.54, 1.807) is 7.11 Å². The van der Waals surface area contributed by atoms with Gasteiger partial charge in [-0.1, -0.05) is 70.3 Å². The Labute approximate surface area is 313 Å². The number of rotatable bonds is 22. The summed E-state index contributed by atoms with van der Waals surface area (Å²) < 4.78 is 11.1. The maximum Gasteiger partial charge on any atom is 0.326 e. The maximum atomic E-state index is 12.9. The Morgan fingerprint density at radius 1 is 0.923 bits per heavy atom. The molecule has 4 N–H and O–H groups in total. The molecule has 1 saturated heterocycles. The fourth-order valence-electron chi connectivity index (χ4n) is 7.43. The molecule has 11 nitrogen and oxygen atoms in total. The van der Waals surface area contributed by atoms with Gasteiger partial charge in [0.2, 0.25) is 5.79 Å². The number of carbonyl (C=O) groups excluding carboxylic acids is 3. The number of ether oxygens (including phenoxy) is 2. The number of carboxylic acids is 1. The predicted octanol–water partition coefficient (Wildman–Crippen LogP) is 6.55. The smallest absolute Gasteiger partial charge is 0.326 e. The molecule has 1 saturated carbocycles. The molecular formula is C41H71NO10. The number of aliphatic carboxylic acids is 1. The Morgan fingerprint density at radius 3 is 2.25 bits per heavy atom. The summed E-state index contributed by atoms with van der Waals surface area (Å²) in [6, 6.07) is -1.16. The lowest BCUT2D eigenvalue weighted by atomic mass is 9.85. The number of hydrogen-bond donors (Lipinski definition) is 4. The molecule has 0 aromatic heterocycles. The lowest BCUT2D eigenvalue weighted by molar-refractivity contribution is -0.208. The second kappa shape index (κ2) is 24.8. The van der Waals surface area contributed by atoms with Crippen LogP contribution in [0.5, 0.6) is 0 Å². The molecule has 2 fully saturated rings. The summed E-state index contributed by atoms with van der Waals surface area (Å²) >= 11 is 0. The van der Waals surface area contributed by atoms with Crippen LogP contribution in [0.1, 0.15) is 144 Å². The van der Waals surface area contributed by atoms with Crippen LogP contribution in [0.2, 0.25) is 0 Å². The zero-order valence-corrected chi connectivity index (χ0v) is 33.4. The van der Waals surface area contributed by atoms with E-state index in [1.807, 2.05) is 26.8 Å². The Morgan fingerprint density at radius 2 is 1.62 bits per heavy atom. The lowest BCUT2D eigenvalue weighted by Crippen LogP contribution is -2.57. The molecule has 0 bridgehead atoms. The Bertz CT molecular complexity index is 1160. The molecule has 0 radical (unpaired) electrons. The Kier molecular flexibility index (Phi) is 22.7. The summed E-state index contributed by atoms with van der Waals surface area (Å²) in [5, 5.41) is 41.3. The van der Waals surface area contributed by atoms with Crippen LogP contribution in [0.15, 0.2) is 23.3 Å². The molecule has 11 heteroatoms. The van der Waals surface area contributed by atoms with E-state index in [0.29, 0.717) is 50.0 Å². The largest absolute Gasteiger partial charge is 0.480 e. The van der Waals surface area contributed by atoms with Gasteiger partial charge in [-0.15, -0.1) is 0 Å². The van der Waals surface area contributed by atoms with E-state index in [0.717, 1.165) is 49.0 Å². The zero-order chi connectivity index (χ0) is 39.4. The van der Waals surface area contributed by atoms with E-state index in [1.165, 1.54) is 32.4 Å². The summed E-state index contributed by atoms with van der Waals surface area (Å²) in [5.74, 6) is -6.91. The first-order valence-electron chi connectivity index (χ1n) is 19.7. The van der Waals surface area contributed by atoms with Crippen LogP contribution < -0.4 is 0 Å². The van der Waals surface area contributed by atoms with E-state index in [2.05, 4.69) is 19.9 Å². The van der Waals surface area contributed by atoms with Gasteiger partial charge in [-0.25, -0.2) is 4.79 Å². The number of aliphatic hydroxyl groups is 3. The zero-order valence-electron chi connectivity index (χ0n) is 33.4. The highest BCUT2D eigenvalue weighted by atomic mass is 16.5. The average molecular weight is 738 g/mol. The first-order chi connectivity index (χ1) is 24.6. The SMILES string of the molecule is CC.COC1CCCC(/C=C(\C)CCC(O)CC(=O)C/C=C(\C)CC(C)CCCC(CC(C)C(O)(O)C(=O)C(=O)N2CCCC[C@H]2C(=O)O)OC)C1. The number of hydrogen-bond acceptors (Lipinski definition) is 9. The van der Waals surface area contributed by atoms with Crippen LogP contribution >= 0.6 is 0 Å². The summed E-state index contributed by atoms with van der Waals surface area (Å²) in [6.45, 7) is 11.8. The molecule has 6 unspecified atom stereocenters. The third-order valence-corrected chi connectivity index (χ3v) is 10.6. The summed E-state index contributed by atoms with van der Waals surface area (Å²) in [5.41, 5.74) is 2.38. The first kappa shape index (κ1) is 47.6. The van der Waals surface area contributed by atoms with E-state index >= 15 is 0 Å². The normalized spacial score (nSPS) is 22.4. The number of allylic oxidation sites excluding steroid dienone is 4.